The number of likely N-dealkylation sites (N-methyl/N-ethyl adjacent to an activating group) is 1. The predicted molar refractivity (Wildman–Crippen MR) is 33.6 cm³/mol. The molecule has 1 aliphatic rings. The SMILES string of the molecule is CNC1(C)CNNC1=O. The molecule has 0 aromatic carbocycles. The maximum Gasteiger partial charge on any atom is 0.255 e. The molecule has 0 saturated carbocycles. The fourth-order valence-corrected chi connectivity index (χ4v) is 0.721. The first-order valence-electron chi connectivity index (χ1n) is 2.91. The Hall–Kier alpha value is -0.610. The molecule has 0 aliphatic carbocycles. The molecule has 3 N–H and O–H groups in total. The van der Waals surface area contributed by atoms with E-state index in [-0.39, 0.29) is 5.91 Å². The van der Waals surface area contributed by atoms with Crippen LogP contribution in [0.15, 0.2) is 0 Å². The quantitative estimate of drug-likeness (QED) is 0.408. The van der Waals surface area contributed by atoms with E-state index < -0.39 is 5.54 Å². The molecule has 0 spiro atoms. The van der Waals surface area contributed by atoms with Gasteiger partial charge in [0, 0.05) is 6.54 Å². The minimum absolute atomic E-state index is 0.00463. The molecule has 1 rings (SSSR count). The minimum Gasteiger partial charge on any atom is -0.305 e. The van der Waals surface area contributed by atoms with Crippen molar-refractivity contribution >= 4 is 5.91 Å². The van der Waals surface area contributed by atoms with Gasteiger partial charge in [-0.2, -0.15) is 0 Å². The summed E-state index contributed by atoms with van der Waals surface area (Å²) >= 11 is 0. The molecule has 1 unspecified atom stereocenters. The van der Waals surface area contributed by atoms with Gasteiger partial charge >= 0.3 is 0 Å². The van der Waals surface area contributed by atoms with Gasteiger partial charge in [0.2, 0.25) is 0 Å². The van der Waals surface area contributed by atoms with Gasteiger partial charge in [-0.1, -0.05) is 0 Å². The van der Waals surface area contributed by atoms with Crippen LogP contribution in [0.3, 0.4) is 0 Å². The summed E-state index contributed by atoms with van der Waals surface area (Å²) in [5, 5.41) is 2.92. The van der Waals surface area contributed by atoms with Crippen molar-refractivity contribution in [1.82, 2.24) is 16.2 Å². The largest absolute Gasteiger partial charge is 0.305 e. The van der Waals surface area contributed by atoms with Gasteiger partial charge in [-0.05, 0) is 14.0 Å². The number of hydrogen-bond acceptors (Lipinski definition) is 3. The van der Waals surface area contributed by atoms with Crippen LogP contribution in [0.5, 0.6) is 0 Å². The van der Waals surface area contributed by atoms with Crippen molar-refractivity contribution in [3.8, 4) is 0 Å². The maximum atomic E-state index is 10.9. The standard InChI is InChI=1S/C5H11N3O/c1-5(6-2)3-7-8-4(5)9/h6-7H,3H2,1-2H3,(H,8,9). The zero-order chi connectivity index (χ0) is 6.91. The van der Waals surface area contributed by atoms with E-state index in [4.69, 9.17) is 0 Å². The van der Waals surface area contributed by atoms with Crippen molar-refractivity contribution < 1.29 is 4.79 Å². The molecule has 0 bridgehead atoms. The molecule has 1 heterocycles. The van der Waals surface area contributed by atoms with Gasteiger partial charge in [-0.3, -0.25) is 10.2 Å². The lowest BCUT2D eigenvalue weighted by Crippen LogP contribution is -2.48. The van der Waals surface area contributed by atoms with E-state index in [1.807, 2.05) is 6.92 Å². The van der Waals surface area contributed by atoms with Crippen molar-refractivity contribution in [2.75, 3.05) is 13.6 Å². The molecular weight excluding hydrogens is 118 g/mol. The number of nitrogens with one attached hydrogen (secondary N) is 3. The first-order valence-corrected chi connectivity index (χ1v) is 2.91. The topological polar surface area (TPSA) is 53.2 Å². The van der Waals surface area contributed by atoms with Crippen molar-refractivity contribution in [3.05, 3.63) is 0 Å². The molecule has 0 radical (unpaired) electrons. The lowest BCUT2D eigenvalue weighted by Gasteiger charge is -2.16. The van der Waals surface area contributed by atoms with Crippen LogP contribution >= 0.6 is 0 Å². The van der Waals surface area contributed by atoms with E-state index in [1.165, 1.54) is 0 Å². The molecule has 1 saturated heterocycles. The van der Waals surface area contributed by atoms with Crippen LogP contribution in [0.2, 0.25) is 0 Å². The van der Waals surface area contributed by atoms with Crippen molar-refractivity contribution in [2.24, 2.45) is 0 Å². The predicted octanol–water partition coefficient (Wildman–Crippen LogP) is -1.40. The molecule has 52 valence electrons. The number of amides is 1. The second-order valence-corrected chi connectivity index (χ2v) is 2.39. The second-order valence-electron chi connectivity index (χ2n) is 2.39. The van der Waals surface area contributed by atoms with Crippen LogP contribution in [-0.2, 0) is 4.79 Å². The molecule has 1 fully saturated rings. The Morgan fingerprint density at radius 2 is 2.44 bits per heavy atom. The minimum atomic E-state index is -0.417. The summed E-state index contributed by atoms with van der Waals surface area (Å²) in [6.07, 6.45) is 0. The number of hydrazine groups is 1. The summed E-state index contributed by atoms with van der Waals surface area (Å²) in [6, 6.07) is 0. The van der Waals surface area contributed by atoms with Crippen LogP contribution in [-0.4, -0.2) is 25.0 Å². The van der Waals surface area contributed by atoms with Crippen LogP contribution in [0, 0.1) is 0 Å². The van der Waals surface area contributed by atoms with Crippen LogP contribution in [0.25, 0.3) is 0 Å². The first kappa shape index (κ1) is 6.51. The Morgan fingerprint density at radius 3 is 2.67 bits per heavy atom. The number of carbonyl (C=O) groups excluding carboxylic acids is 1. The van der Waals surface area contributed by atoms with E-state index >= 15 is 0 Å². The summed E-state index contributed by atoms with van der Waals surface area (Å²) in [6.45, 7) is 2.49. The monoisotopic (exact) mass is 129 g/mol. The number of carbonyl (C=O) groups is 1. The summed E-state index contributed by atoms with van der Waals surface area (Å²) in [5.41, 5.74) is 4.84. The Balaban J connectivity index is 2.67. The lowest BCUT2D eigenvalue weighted by molar-refractivity contribution is -0.124. The molecular formula is C5H11N3O. The third-order valence-electron chi connectivity index (χ3n) is 1.70. The van der Waals surface area contributed by atoms with Crippen LogP contribution in [0.1, 0.15) is 6.92 Å². The molecule has 0 aromatic rings. The van der Waals surface area contributed by atoms with Crippen molar-refractivity contribution in [2.45, 2.75) is 12.5 Å². The van der Waals surface area contributed by atoms with E-state index in [0.717, 1.165) is 0 Å². The molecule has 9 heavy (non-hydrogen) atoms. The normalized spacial score (nSPS) is 34.7. The van der Waals surface area contributed by atoms with Crippen molar-refractivity contribution in [1.29, 1.82) is 0 Å². The molecule has 4 heteroatoms. The molecule has 1 aliphatic heterocycles. The van der Waals surface area contributed by atoms with Gasteiger partial charge in [-0.15, -0.1) is 0 Å². The zero-order valence-corrected chi connectivity index (χ0v) is 5.62. The summed E-state index contributed by atoms with van der Waals surface area (Å²) in [5.74, 6) is 0.00463. The highest BCUT2D eigenvalue weighted by Crippen LogP contribution is 2.03. The van der Waals surface area contributed by atoms with Gasteiger partial charge in [0.1, 0.15) is 5.54 Å². The van der Waals surface area contributed by atoms with E-state index in [9.17, 15) is 4.79 Å². The maximum absolute atomic E-state index is 10.9. The first-order chi connectivity index (χ1) is 4.19. The number of rotatable bonds is 1. The smallest absolute Gasteiger partial charge is 0.255 e. The van der Waals surface area contributed by atoms with E-state index in [1.54, 1.807) is 7.05 Å². The van der Waals surface area contributed by atoms with Gasteiger partial charge in [0.05, 0.1) is 0 Å². The molecule has 0 aromatic heterocycles. The highest BCUT2D eigenvalue weighted by atomic mass is 16.2. The van der Waals surface area contributed by atoms with E-state index in [0.29, 0.717) is 6.54 Å². The van der Waals surface area contributed by atoms with Gasteiger partial charge in [-0.25, -0.2) is 5.43 Å². The van der Waals surface area contributed by atoms with E-state index in [2.05, 4.69) is 16.2 Å². The fourth-order valence-electron chi connectivity index (χ4n) is 0.721. The van der Waals surface area contributed by atoms with Crippen LogP contribution < -0.4 is 16.2 Å². The van der Waals surface area contributed by atoms with Gasteiger partial charge < -0.3 is 5.32 Å². The second kappa shape index (κ2) is 1.97. The van der Waals surface area contributed by atoms with Gasteiger partial charge in [0.25, 0.3) is 5.91 Å². The number of hydrogen-bond donors (Lipinski definition) is 3. The summed E-state index contributed by atoms with van der Waals surface area (Å²) < 4.78 is 0. The zero-order valence-electron chi connectivity index (χ0n) is 5.62. The molecule has 4 nitrogen and oxygen atoms in total. The van der Waals surface area contributed by atoms with Crippen molar-refractivity contribution in [3.63, 3.8) is 0 Å². The van der Waals surface area contributed by atoms with Crippen LogP contribution in [0.4, 0.5) is 0 Å². The van der Waals surface area contributed by atoms with Gasteiger partial charge in [0.15, 0.2) is 0 Å². The average molecular weight is 129 g/mol. The third-order valence-corrected chi connectivity index (χ3v) is 1.70. The Labute approximate surface area is 54.0 Å². The summed E-state index contributed by atoms with van der Waals surface area (Å²) in [7, 11) is 1.77. The molecule has 1 amide bonds. The highest BCUT2D eigenvalue weighted by Gasteiger charge is 2.35. The average Bonchev–Trinajstić information content (AvgIpc) is 2.15. The Bertz CT molecular complexity index is 136. The highest BCUT2D eigenvalue weighted by molar-refractivity contribution is 5.87. The molecule has 1 atom stereocenters. The fraction of sp³-hybridized carbons (Fsp3) is 0.800. The Kier molecular flexibility index (Phi) is 1.42. The lowest BCUT2D eigenvalue weighted by atomic mass is 10.0. The third kappa shape index (κ3) is 0.906. The Morgan fingerprint density at radius 1 is 1.78 bits per heavy atom. The summed E-state index contributed by atoms with van der Waals surface area (Å²) in [4.78, 5) is 10.9.